The predicted octanol–water partition coefficient (Wildman–Crippen LogP) is 2.51. The van der Waals surface area contributed by atoms with Crippen molar-refractivity contribution in [3.8, 4) is 5.75 Å². The molecule has 1 amide bonds. The molecule has 0 bridgehead atoms. The van der Waals surface area contributed by atoms with E-state index in [1.165, 1.54) is 0 Å². The van der Waals surface area contributed by atoms with Crippen molar-refractivity contribution in [2.45, 2.75) is 31.7 Å². The molecule has 168 valence electrons. The number of hydrogen-bond donors (Lipinski definition) is 1. The van der Waals surface area contributed by atoms with Crippen molar-refractivity contribution in [1.29, 1.82) is 0 Å². The fourth-order valence-corrected chi connectivity index (χ4v) is 3.94. The minimum absolute atomic E-state index is 0.121. The number of alkyl halides is 3. The van der Waals surface area contributed by atoms with Crippen LogP contribution >= 0.6 is 0 Å². The summed E-state index contributed by atoms with van der Waals surface area (Å²) in [4.78, 5) is 26.3. The summed E-state index contributed by atoms with van der Waals surface area (Å²) in [7, 11) is 3.42. The summed E-state index contributed by atoms with van der Waals surface area (Å²) in [5.41, 5.74) is 0.732. The number of carbonyl (C=O) groups is 2. The monoisotopic (exact) mass is 432 g/mol. The summed E-state index contributed by atoms with van der Waals surface area (Å²) in [6, 6.07) is 7.65. The van der Waals surface area contributed by atoms with Crippen molar-refractivity contribution in [2.24, 2.45) is 5.92 Å². The molecule has 7 nitrogen and oxygen atoms in total. The van der Waals surface area contributed by atoms with Crippen LogP contribution in [0.5, 0.6) is 5.75 Å². The van der Waals surface area contributed by atoms with Gasteiger partial charge >= 0.3 is 12.1 Å². The van der Waals surface area contributed by atoms with Gasteiger partial charge in [-0.3, -0.25) is 4.79 Å². The third-order valence-electron chi connectivity index (χ3n) is 5.53. The normalized spacial score (nSPS) is 23.9. The molecule has 3 atom stereocenters. The van der Waals surface area contributed by atoms with Gasteiger partial charge in [0.05, 0.1) is 19.3 Å². The van der Waals surface area contributed by atoms with E-state index in [4.69, 9.17) is 19.4 Å². The minimum Gasteiger partial charge on any atom is -0.497 e. The van der Waals surface area contributed by atoms with Crippen LogP contribution in [-0.4, -0.2) is 85.5 Å². The van der Waals surface area contributed by atoms with E-state index < -0.39 is 12.1 Å². The van der Waals surface area contributed by atoms with Crippen LogP contribution in [0.4, 0.5) is 13.2 Å². The lowest BCUT2D eigenvalue weighted by atomic mass is 9.88. The maximum atomic E-state index is 13.0. The first kappa shape index (κ1) is 23.9. The van der Waals surface area contributed by atoms with E-state index in [2.05, 4.69) is 16.7 Å². The van der Waals surface area contributed by atoms with E-state index in [-0.39, 0.29) is 18.1 Å². The molecule has 2 heterocycles. The molecular formula is C20H27F3N2O5. The summed E-state index contributed by atoms with van der Waals surface area (Å²) in [6.07, 6.45) is -3.91. The van der Waals surface area contributed by atoms with E-state index in [0.717, 1.165) is 43.9 Å². The third-order valence-corrected chi connectivity index (χ3v) is 5.53. The zero-order valence-electron chi connectivity index (χ0n) is 17.2. The van der Waals surface area contributed by atoms with Crippen molar-refractivity contribution in [2.75, 3.05) is 40.4 Å². The number of aliphatic carboxylic acids is 1. The predicted molar refractivity (Wildman–Crippen MR) is 103 cm³/mol. The molecule has 2 fully saturated rings. The molecule has 10 heteroatoms. The highest BCUT2D eigenvalue weighted by atomic mass is 19.4. The molecule has 0 saturated carbocycles. The van der Waals surface area contributed by atoms with Gasteiger partial charge < -0.3 is 24.4 Å². The zero-order chi connectivity index (χ0) is 22.5. The van der Waals surface area contributed by atoms with Crippen LogP contribution in [-0.2, 0) is 9.53 Å². The van der Waals surface area contributed by atoms with Crippen LogP contribution in [0.15, 0.2) is 24.3 Å². The van der Waals surface area contributed by atoms with Gasteiger partial charge in [-0.15, -0.1) is 0 Å². The molecule has 1 aromatic rings. The van der Waals surface area contributed by atoms with E-state index >= 15 is 0 Å². The third kappa shape index (κ3) is 5.63. The number of halogens is 3. The van der Waals surface area contributed by atoms with Gasteiger partial charge in [0.25, 0.3) is 5.91 Å². The van der Waals surface area contributed by atoms with Gasteiger partial charge in [-0.05, 0) is 37.2 Å². The van der Waals surface area contributed by atoms with E-state index in [1.807, 2.05) is 24.3 Å². The average Bonchev–Trinajstić information content (AvgIpc) is 3.17. The van der Waals surface area contributed by atoms with Gasteiger partial charge in [0.1, 0.15) is 5.75 Å². The molecule has 2 aliphatic rings. The summed E-state index contributed by atoms with van der Waals surface area (Å²) in [5.74, 6) is -1.45. The Morgan fingerprint density at radius 3 is 2.23 bits per heavy atom. The molecule has 3 rings (SSSR count). The van der Waals surface area contributed by atoms with Crippen LogP contribution in [0.2, 0.25) is 0 Å². The standard InChI is InChI=1S/C18H26N2O3.C2HF3O2/c1-4-19-11-15-16(12-19)20(10-9-17(15)23-3)18(21)13-5-7-14(22-2)8-6-13;3-2(4,5)1(6)7/h5-8,15-17H,4,9-12H2,1-3H3;(H,6,7)/t15-,16+,17-;/m0./s1. The fraction of sp³-hybridized carbons (Fsp3) is 0.600. The topological polar surface area (TPSA) is 79.3 Å². The molecular weight excluding hydrogens is 405 g/mol. The number of nitrogens with zero attached hydrogens (tertiary/aromatic N) is 2. The van der Waals surface area contributed by atoms with Crippen LogP contribution in [0.3, 0.4) is 0 Å². The number of hydrogen-bond acceptors (Lipinski definition) is 5. The van der Waals surface area contributed by atoms with Crippen molar-refractivity contribution in [1.82, 2.24) is 9.80 Å². The number of likely N-dealkylation sites (N-methyl/N-ethyl adjacent to an activating group) is 1. The number of carboxylic acids is 1. The van der Waals surface area contributed by atoms with Gasteiger partial charge in [-0.1, -0.05) is 6.92 Å². The van der Waals surface area contributed by atoms with Gasteiger partial charge in [0.15, 0.2) is 0 Å². The van der Waals surface area contributed by atoms with E-state index in [1.54, 1.807) is 14.2 Å². The second-order valence-corrected chi connectivity index (χ2v) is 7.18. The Balaban J connectivity index is 0.000000396. The van der Waals surface area contributed by atoms with Crippen molar-refractivity contribution >= 4 is 11.9 Å². The molecule has 0 aromatic heterocycles. The maximum absolute atomic E-state index is 13.0. The lowest BCUT2D eigenvalue weighted by molar-refractivity contribution is -0.192. The molecule has 30 heavy (non-hydrogen) atoms. The number of carbonyl (C=O) groups excluding carboxylic acids is 1. The number of rotatable bonds is 4. The lowest BCUT2D eigenvalue weighted by Crippen LogP contribution is -2.53. The maximum Gasteiger partial charge on any atom is 0.490 e. The Morgan fingerprint density at radius 1 is 1.17 bits per heavy atom. The van der Waals surface area contributed by atoms with Crippen molar-refractivity contribution in [3.05, 3.63) is 29.8 Å². The first-order valence-electron chi connectivity index (χ1n) is 9.62. The van der Waals surface area contributed by atoms with Crippen molar-refractivity contribution < 1.29 is 37.3 Å². The molecule has 2 aliphatic heterocycles. The summed E-state index contributed by atoms with van der Waals surface area (Å²) in [6.45, 7) is 5.93. The Morgan fingerprint density at radius 2 is 1.77 bits per heavy atom. The Hall–Kier alpha value is -2.33. The number of benzene rings is 1. The molecule has 0 unspecified atom stereocenters. The van der Waals surface area contributed by atoms with Crippen molar-refractivity contribution in [3.63, 3.8) is 0 Å². The second-order valence-electron chi connectivity index (χ2n) is 7.18. The van der Waals surface area contributed by atoms with Crippen LogP contribution in [0.1, 0.15) is 23.7 Å². The fourth-order valence-electron chi connectivity index (χ4n) is 3.94. The first-order valence-corrected chi connectivity index (χ1v) is 9.62. The summed E-state index contributed by atoms with van der Waals surface area (Å²) < 4.78 is 42.6. The smallest absolute Gasteiger partial charge is 0.490 e. The summed E-state index contributed by atoms with van der Waals surface area (Å²) in [5, 5.41) is 7.12. The van der Waals surface area contributed by atoms with Gasteiger partial charge in [-0.25, -0.2) is 4.79 Å². The number of piperidine rings is 1. The Bertz CT molecular complexity index is 726. The zero-order valence-corrected chi connectivity index (χ0v) is 17.2. The number of ether oxygens (including phenoxy) is 2. The highest BCUT2D eigenvalue weighted by Gasteiger charge is 2.45. The highest BCUT2D eigenvalue weighted by molar-refractivity contribution is 5.94. The number of amides is 1. The number of carboxylic acid groups (broad SMARTS) is 1. The van der Waals surface area contributed by atoms with E-state index in [9.17, 15) is 18.0 Å². The Kier molecular flexibility index (Phi) is 8.08. The van der Waals surface area contributed by atoms with Crippen LogP contribution in [0, 0.1) is 5.92 Å². The second kappa shape index (κ2) is 10.1. The molecule has 2 saturated heterocycles. The number of fused-ring (bicyclic) bond motifs is 1. The molecule has 0 aliphatic carbocycles. The Labute approximate surface area is 173 Å². The largest absolute Gasteiger partial charge is 0.497 e. The quantitative estimate of drug-likeness (QED) is 0.788. The minimum atomic E-state index is -5.08. The number of likely N-dealkylation sites (tertiary alicyclic amines) is 2. The molecule has 1 aromatic carbocycles. The molecule has 0 spiro atoms. The van der Waals surface area contributed by atoms with Gasteiger partial charge in [0, 0.05) is 38.2 Å². The molecule has 1 N–H and O–H groups in total. The van der Waals surface area contributed by atoms with Gasteiger partial charge in [-0.2, -0.15) is 13.2 Å². The highest BCUT2D eigenvalue weighted by Crippen LogP contribution is 2.33. The van der Waals surface area contributed by atoms with Crippen LogP contribution < -0.4 is 4.74 Å². The average molecular weight is 432 g/mol. The SMILES string of the molecule is CCN1C[C@@H]2[C@@H](OC)CCN(C(=O)c3ccc(OC)cc3)[C@@H]2C1.O=C(O)C(F)(F)F. The number of methoxy groups -OCH3 is 2. The van der Waals surface area contributed by atoms with E-state index in [0.29, 0.717) is 5.92 Å². The first-order chi connectivity index (χ1) is 14.1. The van der Waals surface area contributed by atoms with Crippen LogP contribution in [0.25, 0.3) is 0 Å². The lowest BCUT2D eigenvalue weighted by Gasteiger charge is -2.41. The molecule has 0 radical (unpaired) electrons. The summed E-state index contributed by atoms with van der Waals surface area (Å²) >= 11 is 0. The van der Waals surface area contributed by atoms with Gasteiger partial charge in [0.2, 0.25) is 0 Å².